The lowest BCUT2D eigenvalue weighted by atomic mass is 9.84. The minimum Gasteiger partial charge on any atom is -0.353 e. The molecule has 1 saturated heterocycles. The second-order valence-corrected chi connectivity index (χ2v) is 6.48. The molecule has 0 aromatic heterocycles. The van der Waals surface area contributed by atoms with Crippen LogP contribution in [0.5, 0.6) is 0 Å². The van der Waals surface area contributed by atoms with Gasteiger partial charge in [-0.3, -0.25) is 4.79 Å². The Morgan fingerprint density at radius 2 is 1.81 bits per heavy atom. The molecule has 5 heteroatoms. The molecule has 1 heterocycles. The molecular weight excluding hydrogens is 264 g/mol. The van der Waals surface area contributed by atoms with Gasteiger partial charge in [-0.15, -0.1) is 0 Å². The summed E-state index contributed by atoms with van der Waals surface area (Å²) in [6, 6.07) is 0.313. The zero-order valence-corrected chi connectivity index (χ0v) is 13.5. The Morgan fingerprint density at radius 3 is 2.48 bits per heavy atom. The number of carbonyl (C=O) groups excluding carboxylic acids is 1. The van der Waals surface area contributed by atoms with Crippen LogP contribution in [0.1, 0.15) is 39.0 Å². The number of hydrogen-bond acceptors (Lipinski definition) is 4. The Morgan fingerprint density at radius 1 is 1.14 bits per heavy atom. The molecule has 1 amide bonds. The number of likely N-dealkylation sites (N-methyl/N-ethyl adjacent to an activating group) is 1. The van der Waals surface area contributed by atoms with Crippen molar-refractivity contribution in [2.45, 2.75) is 45.1 Å². The summed E-state index contributed by atoms with van der Waals surface area (Å²) in [5.74, 6) is 0.689. The van der Waals surface area contributed by atoms with Crippen molar-refractivity contribution >= 4 is 5.91 Å². The lowest BCUT2D eigenvalue weighted by molar-refractivity contribution is -0.122. The number of piperazine rings is 1. The zero-order valence-electron chi connectivity index (χ0n) is 13.5. The van der Waals surface area contributed by atoms with E-state index in [1.807, 2.05) is 0 Å². The molecule has 2 rings (SSSR count). The van der Waals surface area contributed by atoms with E-state index >= 15 is 0 Å². The van der Waals surface area contributed by atoms with Crippen LogP contribution in [0.15, 0.2) is 0 Å². The van der Waals surface area contributed by atoms with Gasteiger partial charge in [-0.05, 0) is 31.8 Å². The first-order valence-corrected chi connectivity index (χ1v) is 8.67. The van der Waals surface area contributed by atoms with E-state index in [-0.39, 0.29) is 5.91 Å². The third-order valence-electron chi connectivity index (χ3n) is 5.13. The van der Waals surface area contributed by atoms with Crippen LogP contribution in [0, 0.1) is 5.92 Å². The summed E-state index contributed by atoms with van der Waals surface area (Å²) < 4.78 is 0. The van der Waals surface area contributed by atoms with Crippen LogP contribution >= 0.6 is 0 Å². The van der Waals surface area contributed by atoms with Crippen LogP contribution in [-0.2, 0) is 4.79 Å². The number of carbonyl (C=O) groups is 1. The molecule has 0 bridgehead atoms. The lowest BCUT2D eigenvalue weighted by Crippen LogP contribution is -2.48. The molecule has 3 N–H and O–H groups in total. The van der Waals surface area contributed by atoms with Gasteiger partial charge in [0, 0.05) is 45.2 Å². The van der Waals surface area contributed by atoms with Crippen LogP contribution in [0.25, 0.3) is 0 Å². The number of amides is 1. The van der Waals surface area contributed by atoms with Crippen LogP contribution in [0.2, 0.25) is 0 Å². The molecule has 0 aromatic rings. The van der Waals surface area contributed by atoms with Gasteiger partial charge >= 0.3 is 0 Å². The fraction of sp³-hybridized carbons (Fsp3) is 0.938. The molecular formula is C16H32N4O. The Hall–Kier alpha value is -0.650. The molecule has 1 aliphatic carbocycles. The normalized spacial score (nSPS) is 28.5. The molecule has 5 nitrogen and oxygen atoms in total. The van der Waals surface area contributed by atoms with Crippen LogP contribution in [0.3, 0.4) is 0 Å². The molecule has 21 heavy (non-hydrogen) atoms. The van der Waals surface area contributed by atoms with E-state index in [2.05, 4.69) is 22.0 Å². The minimum atomic E-state index is 0.207. The smallest absolute Gasteiger partial charge is 0.221 e. The first kappa shape index (κ1) is 16.7. The van der Waals surface area contributed by atoms with Gasteiger partial charge in [0.1, 0.15) is 0 Å². The fourth-order valence-electron chi connectivity index (χ4n) is 3.55. The van der Waals surface area contributed by atoms with E-state index in [0.717, 1.165) is 45.7 Å². The SMILES string of the molecule is CCN1CCN(CCC(=O)NC2CCCCC2CN)CC1. The summed E-state index contributed by atoms with van der Waals surface area (Å²) >= 11 is 0. The van der Waals surface area contributed by atoms with E-state index in [9.17, 15) is 4.79 Å². The summed E-state index contributed by atoms with van der Waals surface area (Å²) in [7, 11) is 0. The highest BCUT2D eigenvalue weighted by atomic mass is 16.1. The predicted molar refractivity (Wildman–Crippen MR) is 86.1 cm³/mol. The molecule has 0 aromatic carbocycles. The van der Waals surface area contributed by atoms with Gasteiger partial charge in [0.2, 0.25) is 5.91 Å². The highest BCUT2D eigenvalue weighted by Crippen LogP contribution is 2.23. The van der Waals surface area contributed by atoms with Crippen molar-refractivity contribution in [3.63, 3.8) is 0 Å². The van der Waals surface area contributed by atoms with Gasteiger partial charge in [-0.2, -0.15) is 0 Å². The lowest BCUT2D eigenvalue weighted by Gasteiger charge is -2.34. The second kappa shape index (κ2) is 8.71. The first-order chi connectivity index (χ1) is 10.2. The van der Waals surface area contributed by atoms with Crippen molar-refractivity contribution in [2.24, 2.45) is 11.7 Å². The maximum absolute atomic E-state index is 12.1. The summed E-state index contributed by atoms with van der Waals surface area (Å²) in [5.41, 5.74) is 5.82. The third kappa shape index (κ3) is 5.24. The summed E-state index contributed by atoms with van der Waals surface area (Å²) in [6.45, 7) is 9.39. The standard InChI is InChI=1S/C16H32N4O/c1-2-19-9-11-20(12-10-19)8-7-16(21)18-15-6-4-3-5-14(15)13-17/h14-15H,2-13,17H2,1H3,(H,18,21). The van der Waals surface area contributed by atoms with E-state index < -0.39 is 0 Å². The highest BCUT2D eigenvalue weighted by Gasteiger charge is 2.25. The quantitative estimate of drug-likeness (QED) is 0.755. The molecule has 2 unspecified atom stereocenters. The van der Waals surface area contributed by atoms with Crippen LogP contribution in [0.4, 0.5) is 0 Å². The van der Waals surface area contributed by atoms with Crippen molar-refractivity contribution in [2.75, 3.05) is 45.8 Å². The molecule has 0 radical (unpaired) electrons. The molecule has 2 atom stereocenters. The average molecular weight is 296 g/mol. The van der Waals surface area contributed by atoms with E-state index in [1.165, 1.54) is 19.3 Å². The Labute approximate surface area is 129 Å². The molecule has 0 spiro atoms. The molecule has 122 valence electrons. The molecule has 2 aliphatic rings. The topological polar surface area (TPSA) is 61.6 Å². The minimum absolute atomic E-state index is 0.207. The van der Waals surface area contributed by atoms with Crippen molar-refractivity contribution < 1.29 is 4.79 Å². The van der Waals surface area contributed by atoms with Crippen molar-refractivity contribution in [1.29, 1.82) is 0 Å². The number of hydrogen-bond donors (Lipinski definition) is 2. The summed E-state index contributed by atoms with van der Waals surface area (Å²) in [6.07, 6.45) is 5.37. The number of rotatable bonds is 6. The Bertz CT molecular complexity index is 315. The monoisotopic (exact) mass is 296 g/mol. The number of nitrogens with zero attached hydrogens (tertiary/aromatic N) is 2. The van der Waals surface area contributed by atoms with Gasteiger partial charge in [0.25, 0.3) is 0 Å². The number of nitrogens with two attached hydrogens (primary N) is 1. The average Bonchev–Trinajstić information content (AvgIpc) is 2.54. The van der Waals surface area contributed by atoms with Gasteiger partial charge in [-0.1, -0.05) is 19.8 Å². The van der Waals surface area contributed by atoms with Crippen molar-refractivity contribution in [3.8, 4) is 0 Å². The Balaban J connectivity index is 1.65. The third-order valence-corrected chi connectivity index (χ3v) is 5.13. The van der Waals surface area contributed by atoms with Gasteiger partial charge in [0.05, 0.1) is 0 Å². The second-order valence-electron chi connectivity index (χ2n) is 6.48. The van der Waals surface area contributed by atoms with E-state index in [4.69, 9.17) is 5.73 Å². The largest absolute Gasteiger partial charge is 0.353 e. The zero-order chi connectivity index (χ0) is 15.1. The summed E-state index contributed by atoms with van der Waals surface area (Å²) in [4.78, 5) is 17.0. The summed E-state index contributed by atoms with van der Waals surface area (Å²) in [5, 5.41) is 3.22. The highest BCUT2D eigenvalue weighted by molar-refractivity contribution is 5.76. The fourth-order valence-corrected chi connectivity index (χ4v) is 3.55. The number of nitrogens with one attached hydrogen (secondary N) is 1. The van der Waals surface area contributed by atoms with Gasteiger partial charge < -0.3 is 20.9 Å². The molecule has 1 aliphatic heterocycles. The Kier molecular flexibility index (Phi) is 6.93. The van der Waals surface area contributed by atoms with Crippen LogP contribution in [-0.4, -0.2) is 67.6 Å². The van der Waals surface area contributed by atoms with Gasteiger partial charge in [-0.25, -0.2) is 0 Å². The van der Waals surface area contributed by atoms with Crippen molar-refractivity contribution in [3.05, 3.63) is 0 Å². The maximum Gasteiger partial charge on any atom is 0.221 e. The van der Waals surface area contributed by atoms with E-state index in [1.54, 1.807) is 0 Å². The predicted octanol–water partition coefficient (Wildman–Crippen LogP) is 0.648. The first-order valence-electron chi connectivity index (χ1n) is 8.67. The van der Waals surface area contributed by atoms with Crippen LogP contribution < -0.4 is 11.1 Å². The van der Waals surface area contributed by atoms with E-state index in [0.29, 0.717) is 24.9 Å². The maximum atomic E-state index is 12.1. The van der Waals surface area contributed by atoms with Crippen molar-refractivity contribution in [1.82, 2.24) is 15.1 Å². The molecule has 1 saturated carbocycles. The molecule has 2 fully saturated rings. The van der Waals surface area contributed by atoms with Gasteiger partial charge in [0.15, 0.2) is 0 Å².